The zero-order valence-corrected chi connectivity index (χ0v) is 10.9. The van der Waals surface area contributed by atoms with Crippen LogP contribution in [0.4, 0.5) is 4.39 Å². The molecular formula is C13H14ClFN2O. The van der Waals surface area contributed by atoms with Crippen LogP contribution in [0.2, 0.25) is 5.02 Å². The fourth-order valence-electron chi connectivity index (χ4n) is 1.94. The molecule has 2 aromatic rings. The molecule has 96 valence electrons. The summed E-state index contributed by atoms with van der Waals surface area (Å²) in [5.41, 5.74) is 1.89. The van der Waals surface area contributed by atoms with Gasteiger partial charge in [0.15, 0.2) is 0 Å². The fourth-order valence-corrected chi connectivity index (χ4v) is 2.23. The first-order valence-electron chi connectivity index (χ1n) is 5.62. The molecule has 1 aromatic heterocycles. The smallest absolute Gasteiger partial charge is 0.130 e. The highest BCUT2D eigenvalue weighted by Gasteiger charge is 2.18. The van der Waals surface area contributed by atoms with Gasteiger partial charge in [-0.3, -0.25) is 4.68 Å². The van der Waals surface area contributed by atoms with Crippen LogP contribution < -0.4 is 0 Å². The molecule has 1 aromatic carbocycles. The molecule has 18 heavy (non-hydrogen) atoms. The van der Waals surface area contributed by atoms with Gasteiger partial charge in [0.05, 0.1) is 12.2 Å². The van der Waals surface area contributed by atoms with E-state index in [0.717, 1.165) is 11.4 Å². The van der Waals surface area contributed by atoms with Gasteiger partial charge >= 0.3 is 0 Å². The maximum Gasteiger partial charge on any atom is 0.130 e. The molecule has 0 bridgehead atoms. The summed E-state index contributed by atoms with van der Waals surface area (Å²) in [6.07, 6.45) is -1.02. The molecule has 5 heteroatoms. The van der Waals surface area contributed by atoms with Gasteiger partial charge in [-0.25, -0.2) is 4.39 Å². The predicted molar refractivity (Wildman–Crippen MR) is 68.1 cm³/mol. The van der Waals surface area contributed by atoms with Crippen molar-refractivity contribution in [2.75, 3.05) is 0 Å². The maximum atomic E-state index is 13.6. The lowest BCUT2D eigenvalue weighted by Gasteiger charge is -2.14. The lowest BCUT2D eigenvalue weighted by atomic mass is 10.1. The van der Waals surface area contributed by atoms with Crippen molar-refractivity contribution in [3.63, 3.8) is 0 Å². The molecule has 0 spiro atoms. The molecule has 1 heterocycles. The second-order valence-corrected chi connectivity index (χ2v) is 4.67. The summed E-state index contributed by atoms with van der Waals surface area (Å²) < 4.78 is 15.3. The van der Waals surface area contributed by atoms with Gasteiger partial charge in [-0.1, -0.05) is 17.7 Å². The summed E-state index contributed by atoms with van der Waals surface area (Å²) in [7, 11) is 0. The van der Waals surface area contributed by atoms with E-state index in [1.54, 1.807) is 10.7 Å². The predicted octanol–water partition coefficient (Wildman–Crippen LogP) is 3.03. The second kappa shape index (κ2) is 5.08. The maximum absolute atomic E-state index is 13.6. The molecule has 3 nitrogen and oxygen atoms in total. The molecule has 2 rings (SSSR count). The number of hydrogen-bond acceptors (Lipinski definition) is 2. The molecule has 1 unspecified atom stereocenters. The average Bonchev–Trinajstić information content (AvgIpc) is 2.57. The number of rotatable bonds is 3. The monoisotopic (exact) mass is 268 g/mol. The highest BCUT2D eigenvalue weighted by molar-refractivity contribution is 6.31. The van der Waals surface area contributed by atoms with E-state index >= 15 is 0 Å². The second-order valence-electron chi connectivity index (χ2n) is 4.26. The summed E-state index contributed by atoms with van der Waals surface area (Å²) in [5.74, 6) is -0.503. The van der Waals surface area contributed by atoms with Crippen molar-refractivity contribution in [1.82, 2.24) is 9.78 Å². The van der Waals surface area contributed by atoms with Crippen molar-refractivity contribution in [3.05, 3.63) is 52.1 Å². The summed E-state index contributed by atoms with van der Waals surface area (Å²) >= 11 is 5.91. The van der Waals surface area contributed by atoms with Crippen molar-refractivity contribution < 1.29 is 9.50 Å². The van der Waals surface area contributed by atoms with E-state index in [-0.39, 0.29) is 17.1 Å². The van der Waals surface area contributed by atoms with Crippen molar-refractivity contribution in [1.29, 1.82) is 0 Å². The van der Waals surface area contributed by atoms with E-state index < -0.39 is 11.9 Å². The SMILES string of the molecule is Cc1cc(C)n(CC(O)c2c(F)cccc2Cl)n1. The highest BCUT2D eigenvalue weighted by atomic mass is 35.5. The van der Waals surface area contributed by atoms with Crippen LogP contribution in [0.15, 0.2) is 24.3 Å². The molecular weight excluding hydrogens is 255 g/mol. The fraction of sp³-hybridized carbons (Fsp3) is 0.308. The first kappa shape index (κ1) is 13.1. The number of halogens is 2. The molecule has 0 aliphatic heterocycles. The van der Waals surface area contributed by atoms with Crippen molar-refractivity contribution in [3.8, 4) is 0 Å². The number of aliphatic hydroxyl groups is 1. The molecule has 1 atom stereocenters. The van der Waals surface area contributed by atoms with E-state index in [1.807, 2.05) is 19.9 Å². The molecule has 0 saturated heterocycles. The Kier molecular flexibility index (Phi) is 3.68. The van der Waals surface area contributed by atoms with E-state index in [9.17, 15) is 9.50 Å². The standard InChI is InChI=1S/C13H14ClFN2O/c1-8-6-9(2)17(16-8)7-12(18)13-10(14)4-3-5-11(13)15/h3-6,12,18H,7H2,1-2H3. The lowest BCUT2D eigenvalue weighted by molar-refractivity contribution is 0.146. The molecule has 0 amide bonds. The van der Waals surface area contributed by atoms with E-state index in [4.69, 9.17) is 11.6 Å². The van der Waals surface area contributed by atoms with Crippen LogP contribution in [0, 0.1) is 19.7 Å². The summed E-state index contributed by atoms with van der Waals surface area (Å²) in [4.78, 5) is 0. The Labute approximate surface area is 110 Å². The number of aryl methyl sites for hydroxylation is 2. The van der Waals surface area contributed by atoms with Crippen molar-refractivity contribution in [2.24, 2.45) is 0 Å². The Bertz CT molecular complexity index is 548. The van der Waals surface area contributed by atoms with Crippen LogP contribution >= 0.6 is 11.6 Å². The van der Waals surface area contributed by atoms with Crippen molar-refractivity contribution in [2.45, 2.75) is 26.5 Å². The van der Waals surface area contributed by atoms with Crippen LogP contribution in [-0.4, -0.2) is 14.9 Å². The van der Waals surface area contributed by atoms with E-state index in [2.05, 4.69) is 5.10 Å². The Morgan fingerprint density at radius 2 is 2.17 bits per heavy atom. The van der Waals surface area contributed by atoms with Gasteiger partial charge in [-0.05, 0) is 32.0 Å². The third-order valence-electron chi connectivity index (χ3n) is 2.78. The van der Waals surface area contributed by atoms with Gasteiger partial charge in [-0.15, -0.1) is 0 Å². The topological polar surface area (TPSA) is 38.0 Å². The Morgan fingerprint density at radius 3 is 2.72 bits per heavy atom. The van der Waals surface area contributed by atoms with Gasteiger partial charge < -0.3 is 5.11 Å². The number of nitrogens with zero attached hydrogens (tertiary/aromatic N) is 2. The largest absolute Gasteiger partial charge is 0.386 e. The number of benzene rings is 1. The lowest BCUT2D eigenvalue weighted by Crippen LogP contribution is -2.13. The van der Waals surface area contributed by atoms with Crippen LogP contribution in [0.25, 0.3) is 0 Å². The van der Waals surface area contributed by atoms with Crippen molar-refractivity contribution >= 4 is 11.6 Å². The zero-order valence-electron chi connectivity index (χ0n) is 10.2. The molecule has 0 fully saturated rings. The summed E-state index contributed by atoms with van der Waals surface area (Å²) in [5, 5.41) is 14.5. The van der Waals surface area contributed by atoms with Gasteiger partial charge in [0.1, 0.15) is 11.9 Å². The Morgan fingerprint density at radius 1 is 1.44 bits per heavy atom. The number of aromatic nitrogens is 2. The van der Waals surface area contributed by atoms with Crippen LogP contribution in [0.5, 0.6) is 0 Å². The van der Waals surface area contributed by atoms with Gasteiger partial charge in [0.25, 0.3) is 0 Å². The normalized spacial score (nSPS) is 12.7. The van der Waals surface area contributed by atoms with Crippen LogP contribution in [0.1, 0.15) is 23.1 Å². The third kappa shape index (κ3) is 2.54. The van der Waals surface area contributed by atoms with Gasteiger partial charge in [0, 0.05) is 16.3 Å². The summed E-state index contributed by atoms with van der Waals surface area (Å²) in [6.45, 7) is 3.93. The number of aliphatic hydroxyl groups excluding tert-OH is 1. The van der Waals surface area contributed by atoms with Gasteiger partial charge in [-0.2, -0.15) is 5.10 Å². The van der Waals surface area contributed by atoms with Gasteiger partial charge in [0.2, 0.25) is 0 Å². The minimum Gasteiger partial charge on any atom is -0.386 e. The average molecular weight is 269 g/mol. The first-order valence-corrected chi connectivity index (χ1v) is 6.00. The highest BCUT2D eigenvalue weighted by Crippen LogP contribution is 2.27. The molecule has 0 aliphatic rings. The molecule has 0 aliphatic carbocycles. The quantitative estimate of drug-likeness (QED) is 0.929. The van der Waals surface area contributed by atoms with E-state index in [0.29, 0.717) is 0 Å². The third-order valence-corrected chi connectivity index (χ3v) is 3.11. The molecule has 0 radical (unpaired) electrons. The molecule has 0 saturated carbocycles. The minimum absolute atomic E-state index is 0.117. The first-order chi connectivity index (χ1) is 8.49. The van der Waals surface area contributed by atoms with Crippen LogP contribution in [-0.2, 0) is 6.54 Å². The zero-order chi connectivity index (χ0) is 13.3. The minimum atomic E-state index is -1.02. The Balaban J connectivity index is 2.27. The Hall–Kier alpha value is -1.39. The number of hydrogen-bond donors (Lipinski definition) is 1. The van der Waals surface area contributed by atoms with Crippen LogP contribution in [0.3, 0.4) is 0 Å². The summed E-state index contributed by atoms with van der Waals surface area (Å²) in [6, 6.07) is 6.25. The molecule has 1 N–H and O–H groups in total. The van der Waals surface area contributed by atoms with E-state index in [1.165, 1.54) is 12.1 Å².